The van der Waals surface area contributed by atoms with Crippen LogP contribution in [0.5, 0.6) is 5.75 Å². The van der Waals surface area contributed by atoms with Gasteiger partial charge in [-0.1, -0.05) is 11.6 Å². The number of benzene rings is 1. The maximum atomic E-state index is 12.6. The van der Waals surface area contributed by atoms with Gasteiger partial charge in [0.05, 0.1) is 11.8 Å². The minimum absolute atomic E-state index is 0.0219. The van der Waals surface area contributed by atoms with E-state index in [9.17, 15) is 14.3 Å². The van der Waals surface area contributed by atoms with Gasteiger partial charge in [-0.3, -0.25) is 4.79 Å². The van der Waals surface area contributed by atoms with Crippen LogP contribution < -0.4 is 5.32 Å². The first-order valence-corrected chi connectivity index (χ1v) is 5.35. The first-order valence-electron chi connectivity index (χ1n) is 4.97. The minimum Gasteiger partial charge on any atom is -0.507 e. The van der Waals surface area contributed by atoms with Crippen molar-refractivity contribution < 1.29 is 14.3 Å². The Bertz CT molecular complexity index is 587. The summed E-state index contributed by atoms with van der Waals surface area (Å²) >= 11 is 5.73. The van der Waals surface area contributed by atoms with Crippen LogP contribution in [-0.2, 0) is 0 Å². The molecule has 2 aromatic rings. The van der Waals surface area contributed by atoms with Crippen molar-refractivity contribution in [1.29, 1.82) is 0 Å². The summed E-state index contributed by atoms with van der Waals surface area (Å²) in [5.74, 6) is -1.09. The van der Waals surface area contributed by atoms with Crippen molar-refractivity contribution >= 4 is 23.3 Å². The van der Waals surface area contributed by atoms with Gasteiger partial charge in [0.15, 0.2) is 0 Å². The van der Waals surface area contributed by atoms with Gasteiger partial charge in [0, 0.05) is 5.02 Å². The predicted molar refractivity (Wildman–Crippen MR) is 65.3 cm³/mol. The molecule has 0 atom stereocenters. The number of pyridine rings is 1. The van der Waals surface area contributed by atoms with Crippen molar-refractivity contribution in [1.82, 2.24) is 4.98 Å². The molecule has 1 amide bonds. The van der Waals surface area contributed by atoms with Crippen LogP contribution in [0, 0.1) is 5.82 Å². The summed E-state index contributed by atoms with van der Waals surface area (Å²) in [5.41, 5.74) is 0.0219. The summed E-state index contributed by atoms with van der Waals surface area (Å²) in [4.78, 5) is 15.5. The molecular formula is C12H8ClFN2O2. The standard InChI is InChI=1S/C12H8ClFN2O2/c13-7-1-3-10(17)9(5-7)12(18)16-11-4-2-8(14)6-15-11/h1-6,17H,(H,15,16,18). The highest BCUT2D eigenvalue weighted by Crippen LogP contribution is 2.22. The molecule has 2 N–H and O–H groups in total. The topological polar surface area (TPSA) is 62.2 Å². The highest BCUT2D eigenvalue weighted by molar-refractivity contribution is 6.31. The van der Waals surface area contributed by atoms with Crippen LogP contribution in [0.4, 0.5) is 10.2 Å². The number of aromatic hydroxyl groups is 1. The van der Waals surface area contributed by atoms with E-state index in [1.807, 2.05) is 0 Å². The van der Waals surface area contributed by atoms with Crippen LogP contribution in [0.3, 0.4) is 0 Å². The van der Waals surface area contributed by atoms with E-state index in [2.05, 4.69) is 10.3 Å². The molecule has 0 saturated heterocycles. The number of anilines is 1. The number of halogens is 2. The molecule has 92 valence electrons. The molecule has 1 aromatic heterocycles. The smallest absolute Gasteiger partial charge is 0.260 e. The van der Waals surface area contributed by atoms with Crippen molar-refractivity contribution in [3.63, 3.8) is 0 Å². The minimum atomic E-state index is -0.575. The van der Waals surface area contributed by atoms with E-state index in [1.165, 1.54) is 30.3 Å². The largest absolute Gasteiger partial charge is 0.507 e. The molecule has 1 heterocycles. The number of hydrogen-bond acceptors (Lipinski definition) is 3. The van der Waals surface area contributed by atoms with Gasteiger partial charge in [0.25, 0.3) is 5.91 Å². The highest BCUT2D eigenvalue weighted by atomic mass is 35.5. The Morgan fingerprint density at radius 1 is 1.33 bits per heavy atom. The summed E-state index contributed by atoms with van der Waals surface area (Å²) in [5, 5.41) is 12.3. The van der Waals surface area contributed by atoms with Crippen LogP contribution >= 0.6 is 11.6 Å². The second-order valence-electron chi connectivity index (χ2n) is 3.48. The lowest BCUT2D eigenvalue weighted by Gasteiger charge is -2.06. The molecule has 2 rings (SSSR count). The lowest BCUT2D eigenvalue weighted by Crippen LogP contribution is -2.13. The number of nitrogens with zero attached hydrogens (tertiary/aromatic N) is 1. The average molecular weight is 267 g/mol. The third kappa shape index (κ3) is 2.75. The maximum Gasteiger partial charge on any atom is 0.260 e. The Morgan fingerprint density at radius 3 is 2.78 bits per heavy atom. The van der Waals surface area contributed by atoms with E-state index in [1.54, 1.807) is 0 Å². The zero-order chi connectivity index (χ0) is 13.1. The van der Waals surface area contributed by atoms with Gasteiger partial charge < -0.3 is 10.4 Å². The number of rotatable bonds is 2. The molecule has 1 aromatic carbocycles. The Kier molecular flexibility index (Phi) is 3.43. The zero-order valence-corrected chi connectivity index (χ0v) is 9.78. The Hall–Kier alpha value is -2.14. The van der Waals surface area contributed by atoms with Crippen molar-refractivity contribution in [2.75, 3.05) is 5.32 Å². The number of carbonyl (C=O) groups is 1. The number of nitrogens with one attached hydrogen (secondary N) is 1. The van der Waals surface area contributed by atoms with Gasteiger partial charge in [-0.05, 0) is 30.3 Å². The quantitative estimate of drug-likeness (QED) is 0.879. The van der Waals surface area contributed by atoms with Crippen LogP contribution in [0.1, 0.15) is 10.4 Å². The highest BCUT2D eigenvalue weighted by Gasteiger charge is 2.12. The lowest BCUT2D eigenvalue weighted by atomic mass is 10.2. The van der Waals surface area contributed by atoms with Gasteiger partial charge in [-0.2, -0.15) is 0 Å². The van der Waals surface area contributed by atoms with Gasteiger partial charge in [-0.25, -0.2) is 9.37 Å². The van der Waals surface area contributed by atoms with Crippen LogP contribution in [0.2, 0.25) is 5.02 Å². The van der Waals surface area contributed by atoms with E-state index in [4.69, 9.17) is 11.6 Å². The summed E-state index contributed by atoms with van der Waals surface area (Å²) in [6.07, 6.45) is 0.980. The van der Waals surface area contributed by atoms with Gasteiger partial charge in [-0.15, -0.1) is 0 Å². The van der Waals surface area contributed by atoms with Crippen molar-refractivity contribution in [3.05, 3.63) is 52.9 Å². The van der Waals surface area contributed by atoms with Crippen LogP contribution in [0.15, 0.2) is 36.5 Å². The Morgan fingerprint density at radius 2 is 2.11 bits per heavy atom. The molecule has 0 aliphatic carbocycles. The number of carbonyl (C=O) groups excluding carboxylic acids is 1. The van der Waals surface area contributed by atoms with Crippen molar-refractivity contribution in [2.24, 2.45) is 0 Å². The molecular weight excluding hydrogens is 259 g/mol. The summed E-state index contributed by atoms with van der Waals surface area (Å²) in [7, 11) is 0. The molecule has 0 fully saturated rings. The van der Waals surface area contributed by atoms with Crippen LogP contribution in [0.25, 0.3) is 0 Å². The summed E-state index contributed by atoms with van der Waals surface area (Å²) < 4.78 is 12.6. The SMILES string of the molecule is O=C(Nc1ccc(F)cn1)c1cc(Cl)ccc1O. The number of aromatic nitrogens is 1. The molecule has 18 heavy (non-hydrogen) atoms. The third-order valence-corrected chi connectivity index (χ3v) is 2.41. The molecule has 4 nitrogen and oxygen atoms in total. The zero-order valence-electron chi connectivity index (χ0n) is 9.02. The number of phenols is 1. The first-order chi connectivity index (χ1) is 8.56. The molecule has 0 aliphatic rings. The fourth-order valence-corrected chi connectivity index (χ4v) is 1.50. The van der Waals surface area contributed by atoms with E-state index < -0.39 is 11.7 Å². The third-order valence-electron chi connectivity index (χ3n) is 2.17. The van der Waals surface area contributed by atoms with Gasteiger partial charge >= 0.3 is 0 Å². The molecule has 0 aliphatic heterocycles. The van der Waals surface area contributed by atoms with E-state index in [-0.39, 0.29) is 17.1 Å². The molecule has 0 radical (unpaired) electrons. The summed E-state index contributed by atoms with van der Waals surface area (Å²) in [6, 6.07) is 6.59. The second-order valence-corrected chi connectivity index (χ2v) is 3.91. The van der Waals surface area contributed by atoms with Gasteiger partial charge in [0.1, 0.15) is 17.4 Å². The maximum absolute atomic E-state index is 12.6. The lowest BCUT2D eigenvalue weighted by molar-refractivity contribution is 0.102. The van der Waals surface area contributed by atoms with Crippen molar-refractivity contribution in [2.45, 2.75) is 0 Å². The molecule has 0 spiro atoms. The average Bonchev–Trinajstić information content (AvgIpc) is 2.35. The number of hydrogen-bond donors (Lipinski definition) is 2. The molecule has 0 unspecified atom stereocenters. The van der Waals surface area contributed by atoms with Crippen LogP contribution in [-0.4, -0.2) is 16.0 Å². The van der Waals surface area contributed by atoms with E-state index in [0.29, 0.717) is 5.02 Å². The first kappa shape index (κ1) is 12.3. The Balaban J connectivity index is 2.21. The second kappa shape index (κ2) is 5.01. The fraction of sp³-hybridized carbons (Fsp3) is 0. The monoisotopic (exact) mass is 266 g/mol. The summed E-state index contributed by atoms with van der Waals surface area (Å²) in [6.45, 7) is 0. The predicted octanol–water partition coefficient (Wildman–Crippen LogP) is 2.83. The van der Waals surface area contributed by atoms with Gasteiger partial charge in [0.2, 0.25) is 0 Å². The Labute approximate surface area is 107 Å². The molecule has 6 heteroatoms. The normalized spacial score (nSPS) is 10.1. The number of amides is 1. The number of phenolic OH excluding ortho intramolecular Hbond substituents is 1. The molecule has 0 saturated carbocycles. The van der Waals surface area contributed by atoms with E-state index >= 15 is 0 Å². The molecule has 0 bridgehead atoms. The van der Waals surface area contributed by atoms with Crippen molar-refractivity contribution in [3.8, 4) is 5.75 Å². The van der Waals surface area contributed by atoms with E-state index in [0.717, 1.165) is 6.20 Å². The fourth-order valence-electron chi connectivity index (χ4n) is 1.32.